The fourth-order valence-electron chi connectivity index (χ4n) is 17.4. The molecular formula is C93H104Cl2N10O26. The molecule has 0 aromatic heterocycles. The second kappa shape index (κ2) is 39.8. The number of aliphatic hydroxyl groups is 6. The van der Waals surface area contributed by atoms with Gasteiger partial charge in [0.05, 0.1) is 53.5 Å². The Morgan fingerprint density at radius 2 is 1.19 bits per heavy atom. The SMILES string of the molecule is CN[C@H](CC(C)C)C(=O)N[C@H]1C(=O)N[C@@H](CC(N)=O)C(=O)N[C@H]2C(=O)N[C@H]3C(=O)N[C@H](C(=O)N[C@H](C(=O)O)c4cc(O)cc(O)c4-c4cc3ccc4O)[C@H](O[C@H]3C[C@](C)(N)[C@@H](O)[C@H](C)O3)c3ccc(c(Cl)c3)Oc3cc2cc(c3O[C@@H]2O[C@H](CO)[C@@H](O)[C@H](O)[C@H]2O[C@H]2C[C@](C)(NCc3ccc(C(c4ccccc4)c4ccccc4)cc3)[C@@H](O)[C@H](C)O2)Oc2ccc(cc2Cl)[C@H]1O. The standard InChI is InChI=1S/C93H104Cl2N10O26/c1-41(2)28-57(98-7)84(116)104-74-76(111)49-23-26-61(55(94)30-49)126-63-32-51-33-64(80(63)131-91-81(78(113)77(112)65(40-106)128-91)130-68-38-93(6,83(115)43(4)125-68)99-39-44-18-20-47(21-19-44)69(45-14-10-8-11-15-45)46-16-12-9-13-17-46)127-62-27-24-50(31-56(62)95)79(129-67-37-92(5,97)82(114)42(3)124-67)75-89(121)103-73(90(122)123)54-34-52(107)35-60(109)70(54)53-29-48(22-25-59(53)108)71(86(118)105-75)102-87(119)72(51)101-85(117)58(36-66(96)110)100-88(74)120/h8-27,29-35,41-43,57-58,65,67-69,71-79,81-83,91,98-99,106-109,111-115H,28,36-40,97H2,1-7H3,(H2,96,110)(H,100,120)(H,101,117)(H,102,119)(H,103,121)(H,104,116)(H,105,118)(H,122,123)/t42-,43-,57+,58-,65+,67-,68-,71+,72+,73-,74+,75-,76+,77+,78-,79+,81+,82-,83-,91-,92-,93-/m0/s1. The van der Waals surface area contributed by atoms with Gasteiger partial charge in [-0.15, -0.1) is 0 Å². The number of carboxylic acids is 1. The van der Waals surface area contributed by atoms with Gasteiger partial charge in [0.2, 0.25) is 53.4 Å². The summed E-state index contributed by atoms with van der Waals surface area (Å²) in [6, 6.07) is 27.7. The van der Waals surface area contributed by atoms with Crippen LogP contribution < -0.4 is 68.2 Å². The highest BCUT2D eigenvalue weighted by Crippen LogP contribution is 2.51. The molecule has 131 heavy (non-hydrogen) atoms. The Hall–Kier alpha value is -11.7. The highest BCUT2D eigenvalue weighted by Gasteiger charge is 2.53. The Bertz CT molecular complexity index is 5550. The Kier molecular flexibility index (Phi) is 29.0. The molecule has 8 aliphatic rings. The number of carboxylic acid groups (broad SMARTS) is 1. The molecule has 3 fully saturated rings. The topological polar surface area (TPSA) is 561 Å². The number of ether oxygens (including phenoxy) is 8. The predicted octanol–water partition coefficient (Wildman–Crippen LogP) is 5.36. The number of likely N-dealkylation sites (N-methyl/N-ethyl adjacent to an activating group) is 1. The summed E-state index contributed by atoms with van der Waals surface area (Å²) in [4.78, 5) is 121. The van der Waals surface area contributed by atoms with Crippen molar-refractivity contribution >= 4 is 70.5 Å². The second-order valence-electron chi connectivity index (χ2n) is 34.5. The fourth-order valence-corrected chi connectivity index (χ4v) is 17.9. The van der Waals surface area contributed by atoms with E-state index in [4.69, 9.17) is 72.6 Å². The first-order chi connectivity index (χ1) is 62.3. The molecule has 36 nitrogen and oxygen atoms in total. The van der Waals surface area contributed by atoms with Gasteiger partial charge in [-0.2, -0.15) is 0 Å². The first-order valence-corrected chi connectivity index (χ1v) is 43.2. The molecule has 38 heteroatoms. The lowest BCUT2D eigenvalue weighted by Crippen LogP contribution is -2.65. The van der Waals surface area contributed by atoms with E-state index >= 15 is 24.0 Å². The Balaban J connectivity index is 0.945. The van der Waals surface area contributed by atoms with Crippen molar-refractivity contribution in [1.29, 1.82) is 0 Å². The molecule has 8 heterocycles. The molecule has 0 radical (unpaired) electrons. The van der Waals surface area contributed by atoms with Crippen LogP contribution in [-0.2, 0) is 68.6 Å². The zero-order chi connectivity index (χ0) is 94.1. The molecule has 0 unspecified atom stereocenters. The summed E-state index contributed by atoms with van der Waals surface area (Å²) in [6.45, 7) is 9.11. The van der Waals surface area contributed by atoms with Crippen molar-refractivity contribution < 1.29 is 127 Å². The van der Waals surface area contributed by atoms with Crippen LogP contribution in [0.2, 0.25) is 10.0 Å². The van der Waals surface area contributed by atoms with Crippen LogP contribution >= 0.6 is 23.2 Å². The predicted molar refractivity (Wildman–Crippen MR) is 469 cm³/mol. The molecule has 0 saturated carbocycles. The van der Waals surface area contributed by atoms with Crippen LogP contribution in [0.1, 0.15) is 154 Å². The molecule has 3 saturated heterocycles. The summed E-state index contributed by atoms with van der Waals surface area (Å²) in [6.07, 6.45) is -23.0. The lowest BCUT2D eigenvalue weighted by molar-refractivity contribution is -0.334. The number of phenolic OH excluding ortho intramolecular Hbond substituents is 3. The number of halogens is 2. The van der Waals surface area contributed by atoms with Gasteiger partial charge in [0, 0.05) is 59.1 Å². The van der Waals surface area contributed by atoms with E-state index in [0.717, 1.165) is 70.8 Å². The summed E-state index contributed by atoms with van der Waals surface area (Å²) in [7, 11) is 1.48. The van der Waals surface area contributed by atoms with Gasteiger partial charge in [-0.3, -0.25) is 33.6 Å². The monoisotopic (exact) mass is 1850 g/mol. The van der Waals surface area contributed by atoms with E-state index in [9.17, 15) is 65.4 Å². The third-order valence-electron chi connectivity index (χ3n) is 24.4. The smallest absolute Gasteiger partial charge is 0.330 e. The van der Waals surface area contributed by atoms with Gasteiger partial charge in [-0.05, 0) is 146 Å². The van der Waals surface area contributed by atoms with E-state index in [-0.39, 0.29) is 65.1 Å². The number of hydrogen-bond donors (Lipinski definition) is 20. The minimum absolute atomic E-state index is 0.106. The van der Waals surface area contributed by atoms with Crippen molar-refractivity contribution in [2.75, 3.05) is 13.7 Å². The average molecular weight is 1850 g/mol. The lowest BCUT2D eigenvalue weighted by Gasteiger charge is -2.48. The van der Waals surface area contributed by atoms with Crippen LogP contribution in [-0.4, -0.2) is 215 Å². The normalized spacial score (nSPS) is 28.9. The number of nitrogens with two attached hydrogens (primary N) is 2. The van der Waals surface area contributed by atoms with Crippen molar-refractivity contribution in [2.24, 2.45) is 17.4 Å². The van der Waals surface area contributed by atoms with Gasteiger partial charge in [0.25, 0.3) is 0 Å². The molecule has 8 aliphatic heterocycles. The number of aliphatic hydroxyl groups excluding tert-OH is 6. The van der Waals surface area contributed by atoms with E-state index in [1.165, 1.54) is 51.2 Å². The number of carbonyl (C=O) groups excluding carboxylic acids is 7. The third-order valence-corrected chi connectivity index (χ3v) is 25.0. The maximum absolute atomic E-state index is 16.6. The number of amides is 7. The number of carbonyl (C=O) groups is 8. The van der Waals surface area contributed by atoms with Gasteiger partial charge in [0.15, 0.2) is 36.2 Å². The van der Waals surface area contributed by atoms with Crippen molar-refractivity contribution in [3.05, 3.63) is 224 Å². The minimum atomic E-state index is -2.40. The van der Waals surface area contributed by atoms with E-state index in [1.807, 2.05) is 74.5 Å². The van der Waals surface area contributed by atoms with Crippen LogP contribution in [0.4, 0.5) is 0 Å². The molecule has 0 aliphatic carbocycles. The van der Waals surface area contributed by atoms with E-state index in [0.29, 0.717) is 0 Å². The third kappa shape index (κ3) is 20.8. The van der Waals surface area contributed by atoms with E-state index in [2.05, 4.69) is 66.8 Å². The number of aromatic hydroxyl groups is 3. The highest BCUT2D eigenvalue weighted by molar-refractivity contribution is 6.32. The maximum atomic E-state index is 16.6. The number of primary amides is 1. The zero-order valence-electron chi connectivity index (χ0n) is 71.9. The molecule has 7 amide bonds. The molecule has 696 valence electrons. The molecule has 0 spiro atoms. The van der Waals surface area contributed by atoms with Gasteiger partial charge in [-0.25, -0.2) is 4.79 Å². The second-order valence-corrected chi connectivity index (χ2v) is 35.3. The number of fused-ring (bicyclic) bond motifs is 15. The molecule has 8 aromatic carbocycles. The number of nitrogens with one attached hydrogen (secondary N) is 8. The lowest BCUT2D eigenvalue weighted by atomic mass is 9.84. The number of rotatable bonds is 21. The number of hydrogen-bond acceptors (Lipinski definition) is 28. The minimum Gasteiger partial charge on any atom is -0.508 e. The van der Waals surface area contributed by atoms with Crippen LogP contribution in [0.15, 0.2) is 164 Å². The van der Waals surface area contributed by atoms with Crippen LogP contribution in [0.3, 0.4) is 0 Å². The first kappa shape index (κ1) is 95.4. The van der Waals surface area contributed by atoms with E-state index < -0.39 is 261 Å². The first-order valence-electron chi connectivity index (χ1n) is 42.5. The van der Waals surface area contributed by atoms with E-state index in [1.54, 1.807) is 13.8 Å². The number of aliphatic carboxylic acids is 1. The molecule has 11 bridgehead atoms. The molecule has 8 aromatic rings. The van der Waals surface area contributed by atoms with Crippen LogP contribution in [0, 0.1) is 5.92 Å². The Labute approximate surface area is 761 Å². The van der Waals surface area contributed by atoms with Crippen molar-refractivity contribution in [1.82, 2.24) is 42.5 Å². The van der Waals surface area contributed by atoms with Gasteiger partial charge < -0.3 is 143 Å². The van der Waals surface area contributed by atoms with Crippen molar-refractivity contribution in [2.45, 2.75) is 213 Å². The van der Waals surface area contributed by atoms with Gasteiger partial charge in [0.1, 0.15) is 89.5 Å². The summed E-state index contributed by atoms with van der Waals surface area (Å²) in [5.41, 5.74) is 11.0. The molecule has 22 N–H and O–H groups in total. The largest absolute Gasteiger partial charge is 0.508 e. The Morgan fingerprint density at radius 3 is 1.79 bits per heavy atom. The molecule has 16 rings (SSSR count). The number of phenols is 3. The highest BCUT2D eigenvalue weighted by atomic mass is 35.5. The molecular weight excluding hydrogens is 1740 g/mol. The average Bonchev–Trinajstić information content (AvgIpc) is 0.762. The van der Waals surface area contributed by atoms with Crippen molar-refractivity contribution in [3.8, 4) is 57.1 Å². The quantitative estimate of drug-likeness (QED) is 0.0403. The van der Waals surface area contributed by atoms with Gasteiger partial charge in [-0.1, -0.05) is 140 Å². The summed E-state index contributed by atoms with van der Waals surface area (Å²) >= 11 is 14.7. The van der Waals surface area contributed by atoms with Crippen LogP contribution in [0.25, 0.3) is 11.1 Å². The summed E-state index contributed by atoms with van der Waals surface area (Å²) in [5.74, 6) is -16.2. The van der Waals surface area contributed by atoms with Crippen molar-refractivity contribution in [3.63, 3.8) is 0 Å². The number of benzene rings is 8. The van der Waals surface area contributed by atoms with Gasteiger partial charge >= 0.3 is 5.97 Å². The summed E-state index contributed by atoms with van der Waals surface area (Å²) in [5, 5.41) is 138. The zero-order valence-corrected chi connectivity index (χ0v) is 73.5. The fraction of sp³-hybridized carbons (Fsp3) is 0.398. The summed E-state index contributed by atoms with van der Waals surface area (Å²) < 4.78 is 53.2. The maximum Gasteiger partial charge on any atom is 0.330 e. The molecule has 22 atom stereocenters. The Morgan fingerprint density at radius 1 is 0.611 bits per heavy atom. The van der Waals surface area contributed by atoms with Crippen LogP contribution in [0.5, 0.6) is 46.0 Å².